The maximum atomic E-state index is 5.27. The summed E-state index contributed by atoms with van der Waals surface area (Å²) in [5.41, 5.74) is 0. The molecule has 0 nitrogen and oxygen atoms in total. The van der Waals surface area contributed by atoms with Crippen molar-refractivity contribution in [1.29, 1.82) is 0 Å². The van der Waals surface area contributed by atoms with Gasteiger partial charge in [-0.2, -0.15) is 0 Å². The van der Waals surface area contributed by atoms with E-state index in [1.54, 1.807) is 0 Å². The normalized spacial score (nSPS) is 15.5. The first-order chi connectivity index (χ1) is 5.20. The summed E-state index contributed by atoms with van der Waals surface area (Å²) in [5, 5.41) is 0. The summed E-state index contributed by atoms with van der Waals surface area (Å²) in [6.07, 6.45) is 10.4. The Morgan fingerprint density at radius 1 is 1.27 bits per heavy atom. The van der Waals surface area contributed by atoms with Gasteiger partial charge in [0.25, 0.3) is 0 Å². The highest BCUT2D eigenvalue weighted by atomic mass is 14.1. The van der Waals surface area contributed by atoms with Crippen LogP contribution < -0.4 is 0 Å². The zero-order valence-corrected chi connectivity index (χ0v) is 8.06. The summed E-state index contributed by atoms with van der Waals surface area (Å²) in [5.74, 6) is 4.10. The molecule has 0 aromatic heterocycles. The van der Waals surface area contributed by atoms with Gasteiger partial charge >= 0.3 is 0 Å². The first-order valence-corrected chi connectivity index (χ1v) is 4.66. The Morgan fingerprint density at radius 3 is 2.36 bits per heavy atom. The molecule has 0 N–H and O–H groups in total. The molecule has 2 atom stereocenters. The molecule has 0 bridgehead atoms. The fourth-order valence-corrected chi connectivity index (χ4v) is 1.06. The molecule has 64 valence electrons. The van der Waals surface area contributed by atoms with Crippen molar-refractivity contribution in [3.63, 3.8) is 0 Å². The van der Waals surface area contributed by atoms with Crippen molar-refractivity contribution in [3.8, 4) is 12.3 Å². The van der Waals surface area contributed by atoms with Crippen LogP contribution in [0.25, 0.3) is 0 Å². The molecule has 0 spiro atoms. The Bertz CT molecular complexity index is 118. The molecular formula is C11H20. The van der Waals surface area contributed by atoms with E-state index >= 15 is 0 Å². The van der Waals surface area contributed by atoms with Crippen molar-refractivity contribution in [2.24, 2.45) is 11.8 Å². The van der Waals surface area contributed by atoms with Crippen molar-refractivity contribution in [2.45, 2.75) is 46.5 Å². The smallest absolute Gasteiger partial charge is 0.0171 e. The van der Waals surface area contributed by atoms with E-state index in [0.29, 0.717) is 5.92 Å². The van der Waals surface area contributed by atoms with Gasteiger partial charge in [-0.3, -0.25) is 0 Å². The van der Waals surface area contributed by atoms with Crippen LogP contribution in [0.4, 0.5) is 0 Å². The molecule has 0 saturated heterocycles. The minimum atomic E-state index is 0.471. The van der Waals surface area contributed by atoms with Crippen molar-refractivity contribution >= 4 is 0 Å². The standard InChI is InChI=1S/C11H20/c1-5-10(3)8-7-9-11(4)6-2/h1,10-11H,6-9H2,2-4H3. The summed E-state index contributed by atoms with van der Waals surface area (Å²) in [7, 11) is 0. The van der Waals surface area contributed by atoms with Crippen LogP contribution in [-0.2, 0) is 0 Å². The van der Waals surface area contributed by atoms with Gasteiger partial charge < -0.3 is 0 Å². The quantitative estimate of drug-likeness (QED) is 0.529. The van der Waals surface area contributed by atoms with Gasteiger partial charge in [-0.1, -0.05) is 40.0 Å². The van der Waals surface area contributed by atoms with Gasteiger partial charge in [0.1, 0.15) is 0 Å². The molecule has 0 fully saturated rings. The predicted octanol–water partition coefficient (Wildman–Crippen LogP) is 3.47. The van der Waals surface area contributed by atoms with Gasteiger partial charge in [0, 0.05) is 5.92 Å². The third-order valence-corrected chi connectivity index (χ3v) is 2.32. The minimum absolute atomic E-state index is 0.471. The first-order valence-electron chi connectivity index (χ1n) is 4.66. The third-order valence-electron chi connectivity index (χ3n) is 2.32. The fraction of sp³-hybridized carbons (Fsp3) is 0.818. The predicted molar refractivity (Wildman–Crippen MR) is 51.3 cm³/mol. The molecule has 0 saturated carbocycles. The lowest BCUT2D eigenvalue weighted by atomic mass is 9.98. The van der Waals surface area contributed by atoms with Crippen LogP contribution in [0.1, 0.15) is 46.5 Å². The maximum absolute atomic E-state index is 5.27. The average molecular weight is 152 g/mol. The highest BCUT2D eigenvalue weighted by Gasteiger charge is 2.00. The Hall–Kier alpha value is -0.440. The molecule has 0 heterocycles. The van der Waals surface area contributed by atoms with Crippen LogP contribution in [0.15, 0.2) is 0 Å². The van der Waals surface area contributed by atoms with Crippen LogP contribution in [0.3, 0.4) is 0 Å². The van der Waals surface area contributed by atoms with Gasteiger partial charge in [0.2, 0.25) is 0 Å². The number of terminal acetylenes is 1. The molecule has 0 radical (unpaired) electrons. The molecule has 0 aliphatic heterocycles. The van der Waals surface area contributed by atoms with E-state index in [4.69, 9.17) is 6.42 Å². The lowest BCUT2D eigenvalue weighted by molar-refractivity contribution is 0.466. The van der Waals surface area contributed by atoms with E-state index in [9.17, 15) is 0 Å². The summed E-state index contributed by atoms with van der Waals surface area (Å²) in [6, 6.07) is 0. The molecule has 0 aliphatic rings. The van der Waals surface area contributed by atoms with Gasteiger partial charge in [-0.05, 0) is 12.3 Å². The molecule has 0 aromatic rings. The van der Waals surface area contributed by atoms with Crippen molar-refractivity contribution < 1.29 is 0 Å². The lowest BCUT2D eigenvalue weighted by Gasteiger charge is -2.08. The number of rotatable bonds is 5. The SMILES string of the molecule is C#CC(C)CCCC(C)CC. The molecular weight excluding hydrogens is 132 g/mol. The second-order valence-corrected chi connectivity index (χ2v) is 3.51. The van der Waals surface area contributed by atoms with Crippen LogP contribution in [-0.4, -0.2) is 0 Å². The first kappa shape index (κ1) is 10.6. The van der Waals surface area contributed by atoms with Crippen molar-refractivity contribution in [2.75, 3.05) is 0 Å². The molecule has 0 aromatic carbocycles. The Labute approximate surface area is 71.4 Å². The average Bonchev–Trinajstić information content (AvgIpc) is 2.04. The molecule has 0 amide bonds. The van der Waals surface area contributed by atoms with Gasteiger partial charge in [0.05, 0.1) is 0 Å². The minimum Gasteiger partial charge on any atom is -0.120 e. The Kier molecular flexibility index (Phi) is 6.03. The summed E-state index contributed by atoms with van der Waals surface area (Å²) in [4.78, 5) is 0. The highest BCUT2D eigenvalue weighted by Crippen LogP contribution is 2.14. The molecule has 11 heavy (non-hydrogen) atoms. The van der Waals surface area contributed by atoms with Crippen LogP contribution in [0.5, 0.6) is 0 Å². The van der Waals surface area contributed by atoms with E-state index in [-0.39, 0.29) is 0 Å². The Balaban J connectivity index is 3.21. The molecule has 2 unspecified atom stereocenters. The van der Waals surface area contributed by atoms with Gasteiger partial charge in [-0.25, -0.2) is 0 Å². The lowest BCUT2D eigenvalue weighted by Crippen LogP contribution is -1.95. The largest absolute Gasteiger partial charge is 0.120 e. The summed E-state index contributed by atoms with van der Waals surface area (Å²) < 4.78 is 0. The second-order valence-electron chi connectivity index (χ2n) is 3.51. The van der Waals surface area contributed by atoms with E-state index in [2.05, 4.69) is 26.7 Å². The maximum Gasteiger partial charge on any atom is 0.0171 e. The van der Waals surface area contributed by atoms with E-state index in [1.165, 1.54) is 25.7 Å². The molecule has 0 rings (SSSR count). The monoisotopic (exact) mass is 152 g/mol. The van der Waals surface area contributed by atoms with E-state index in [1.807, 2.05) is 0 Å². The zero-order valence-electron chi connectivity index (χ0n) is 8.06. The summed E-state index contributed by atoms with van der Waals surface area (Å²) >= 11 is 0. The van der Waals surface area contributed by atoms with Crippen LogP contribution in [0, 0.1) is 24.2 Å². The molecule has 0 aliphatic carbocycles. The van der Waals surface area contributed by atoms with Crippen molar-refractivity contribution in [3.05, 3.63) is 0 Å². The summed E-state index contributed by atoms with van der Waals surface area (Å²) in [6.45, 7) is 6.67. The van der Waals surface area contributed by atoms with Crippen LogP contribution >= 0.6 is 0 Å². The number of hydrogen-bond donors (Lipinski definition) is 0. The fourth-order valence-electron chi connectivity index (χ4n) is 1.06. The van der Waals surface area contributed by atoms with Gasteiger partial charge in [0.15, 0.2) is 0 Å². The Morgan fingerprint density at radius 2 is 1.91 bits per heavy atom. The van der Waals surface area contributed by atoms with Crippen molar-refractivity contribution in [1.82, 2.24) is 0 Å². The topological polar surface area (TPSA) is 0 Å². The third kappa shape index (κ3) is 5.98. The highest BCUT2D eigenvalue weighted by molar-refractivity contribution is 4.89. The van der Waals surface area contributed by atoms with E-state index < -0.39 is 0 Å². The van der Waals surface area contributed by atoms with E-state index in [0.717, 1.165) is 5.92 Å². The van der Waals surface area contributed by atoms with Gasteiger partial charge in [-0.15, -0.1) is 12.3 Å². The zero-order chi connectivity index (χ0) is 8.69. The number of hydrogen-bond acceptors (Lipinski definition) is 0. The van der Waals surface area contributed by atoms with Crippen LogP contribution in [0.2, 0.25) is 0 Å². The molecule has 0 heteroatoms. The second kappa shape index (κ2) is 6.28.